The fourth-order valence-corrected chi connectivity index (χ4v) is 3.62. The van der Waals surface area contributed by atoms with Crippen LogP contribution in [0.3, 0.4) is 0 Å². The highest BCUT2D eigenvalue weighted by Crippen LogP contribution is 2.29. The van der Waals surface area contributed by atoms with E-state index in [2.05, 4.69) is 60.7 Å². The Morgan fingerprint density at radius 1 is 0.400 bits per heavy atom. The van der Waals surface area contributed by atoms with Gasteiger partial charge in [0.05, 0.1) is 0 Å². The second-order valence-corrected chi connectivity index (χ2v) is 7.42. The Labute approximate surface area is 176 Å². The van der Waals surface area contributed by atoms with Crippen LogP contribution in [0.15, 0.2) is 109 Å². The third kappa shape index (κ3) is 4.13. The average Bonchev–Trinajstić information content (AvgIpc) is 2.81. The van der Waals surface area contributed by atoms with Crippen LogP contribution < -0.4 is 9.47 Å². The lowest BCUT2D eigenvalue weighted by Gasteiger charge is -2.10. The Balaban J connectivity index is 1.38. The maximum atomic E-state index is 6.00. The van der Waals surface area contributed by atoms with Crippen molar-refractivity contribution in [1.29, 1.82) is 0 Å². The van der Waals surface area contributed by atoms with E-state index < -0.39 is 0 Å². The van der Waals surface area contributed by atoms with Gasteiger partial charge in [0.2, 0.25) is 0 Å². The molecule has 0 aromatic heterocycles. The number of rotatable bonds is 6. The van der Waals surface area contributed by atoms with Crippen LogP contribution in [0, 0.1) is 0 Å². The molecule has 0 saturated carbocycles. The fourth-order valence-electron chi connectivity index (χ4n) is 3.62. The molecule has 30 heavy (non-hydrogen) atoms. The molecule has 0 unspecified atom stereocenters. The molecular formula is C28H22O2. The molecule has 146 valence electrons. The van der Waals surface area contributed by atoms with E-state index in [1.54, 1.807) is 0 Å². The van der Waals surface area contributed by atoms with Gasteiger partial charge in [-0.25, -0.2) is 0 Å². The Bertz CT molecular complexity index is 1180. The third-order valence-electron chi connectivity index (χ3n) is 5.24. The van der Waals surface area contributed by atoms with Crippen molar-refractivity contribution in [3.8, 4) is 11.5 Å². The molecule has 0 amide bonds. The SMILES string of the molecule is c1ccc(COc2ccc3cc4ccc(OCc5ccccc5)cc4cc3c2)cc1. The van der Waals surface area contributed by atoms with Crippen LogP contribution in [-0.4, -0.2) is 0 Å². The summed E-state index contributed by atoms with van der Waals surface area (Å²) in [7, 11) is 0. The minimum Gasteiger partial charge on any atom is -0.489 e. The summed E-state index contributed by atoms with van der Waals surface area (Å²) >= 11 is 0. The summed E-state index contributed by atoms with van der Waals surface area (Å²) in [5, 5.41) is 4.72. The summed E-state index contributed by atoms with van der Waals surface area (Å²) in [6, 6.07) is 37.4. The first-order valence-electron chi connectivity index (χ1n) is 10.1. The van der Waals surface area contributed by atoms with Crippen molar-refractivity contribution >= 4 is 21.5 Å². The molecule has 5 rings (SSSR count). The van der Waals surface area contributed by atoms with Crippen molar-refractivity contribution in [2.24, 2.45) is 0 Å². The van der Waals surface area contributed by atoms with E-state index in [4.69, 9.17) is 9.47 Å². The lowest BCUT2D eigenvalue weighted by Crippen LogP contribution is -1.95. The average molecular weight is 390 g/mol. The smallest absolute Gasteiger partial charge is 0.120 e. The van der Waals surface area contributed by atoms with Crippen molar-refractivity contribution in [3.63, 3.8) is 0 Å². The van der Waals surface area contributed by atoms with Gasteiger partial charge in [0.15, 0.2) is 0 Å². The zero-order chi connectivity index (χ0) is 20.2. The lowest BCUT2D eigenvalue weighted by atomic mass is 10.0. The summed E-state index contributed by atoms with van der Waals surface area (Å²) in [4.78, 5) is 0. The van der Waals surface area contributed by atoms with Gasteiger partial charge in [0.1, 0.15) is 24.7 Å². The fraction of sp³-hybridized carbons (Fsp3) is 0.0714. The van der Waals surface area contributed by atoms with E-state index in [1.807, 2.05) is 48.5 Å². The van der Waals surface area contributed by atoms with Crippen LogP contribution in [0.4, 0.5) is 0 Å². The normalized spacial score (nSPS) is 10.9. The van der Waals surface area contributed by atoms with Crippen LogP contribution in [0.25, 0.3) is 21.5 Å². The van der Waals surface area contributed by atoms with Crippen molar-refractivity contribution in [1.82, 2.24) is 0 Å². The molecule has 0 aliphatic rings. The maximum Gasteiger partial charge on any atom is 0.120 e. The highest BCUT2D eigenvalue weighted by molar-refractivity contribution is 5.99. The monoisotopic (exact) mass is 390 g/mol. The van der Waals surface area contributed by atoms with Crippen molar-refractivity contribution in [2.45, 2.75) is 13.2 Å². The molecule has 0 radical (unpaired) electrons. The summed E-state index contributed by atoms with van der Waals surface area (Å²) < 4.78 is 12.0. The van der Waals surface area contributed by atoms with Gasteiger partial charge in [-0.15, -0.1) is 0 Å². The summed E-state index contributed by atoms with van der Waals surface area (Å²) in [6.45, 7) is 1.13. The maximum absolute atomic E-state index is 6.00. The van der Waals surface area contributed by atoms with Gasteiger partial charge in [-0.3, -0.25) is 0 Å². The van der Waals surface area contributed by atoms with Gasteiger partial charge >= 0.3 is 0 Å². The quantitative estimate of drug-likeness (QED) is 0.287. The summed E-state index contributed by atoms with van der Waals surface area (Å²) in [5.74, 6) is 1.75. The first-order chi connectivity index (χ1) is 14.8. The molecule has 0 bridgehead atoms. The Morgan fingerprint density at radius 3 is 1.30 bits per heavy atom. The highest BCUT2D eigenvalue weighted by Gasteiger charge is 2.04. The molecular weight excluding hydrogens is 368 g/mol. The van der Waals surface area contributed by atoms with Gasteiger partial charge in [0.25, 0.3) is 0 Å². The van der Waals surface area contributed by atoms with Crippen LogP contribution in [0.5, 0.6) is 11.5 Å². The van der Waals surface area contributed by atoms with E-state index in [1.165, 1.54) is 10.8 Å². The van der Waals surface area contributed by atoms with Crippen molar-refractivity contribution in [3.05, 3.63) is 120 Å². The molecule has 0 fully saturated rings. The molecule has 0 heterocycles. The Kier molecular flexibility index (Phi) is 5.05. The molecule has 5 aromatic rings. The van der Waals surface area contributed by atoms with Crippen LogP contribution in [-0.2, 0) is 13.2 Å². The lowest BCUT2D eigenvalue weighted by molar-refractivity contribution is 0.306. The number of hydrogen-bond donors (Lipinski definition) is 0. The van der Waals surface area contributed by atoms with Gasteiger partial charge in [-0.1, -0.05) is 72.8 Å². The van der Waals surface area contributed by atoms with E-state index in [9.17, 15) is 0 Å². The van der Waals surface area contributed by atoms with E-state index in [-0.39, 0.29) is 0 Å². The van der Waals surface area contributed by atoms with E-state index in [0.29, 0.717) is 13.2 Å². The standard InChI is InChI=1S/C28H22O2/c1-3-7-21(8-4-1)19-29-27-13-11-23-15-24-12-14-28(18-26(24)16-25(23)17-27)30-20-22-9-5-2-6-10-22/h1-18H,19-20H2. The zero-order valence-corrected chi connectivity index (χ0v) is 16.6. The molecule has 0 aliphatic heterocycles. The number of benzene rings is 5. The van der Waals surface area contributed by atoms with Crippen LogP contribution in [0.2, 0.25) is 0 Å². The molecule has 0 aliphatic carbocycles. The minimum absolute atomic E-state index is 0.567. The molecule has 2 heteroatoms. The Hall–Kier alpha value is -3.78. The zero-order valence-electron chi connectivity index (χ0n) is 16.6. The predicted molar refractivity (Wildman–Crippen MR) is 123 cm³/mol. The van der Waals surface area contributed by atoms with Crippen LogP contribution >= 0.6 is 0 Å². The topological polar surface area (TPSA) is 18.5 Å². The number of ether oxygens (including phenoxy) is 2. The van der Waals surface area contributed by atoms with Gasteiger partial charge in [-0.2, -0.15) is 0 Å². The molecule has 0 N–H and O–H groups in total. The molecule has 5 aromatic carbocycles. The van der Waals surface area contributed by atoms with Gasteiger partial charge in [0, 0.05) is 0 Å². The first-order valence-corrected chi connectivity index (χ1v) is 10.1. The second-order valence-electron chi connectivity index (χ2n) is 7.42. The Morgan fingerprint density at radius 2 is 0.833 bits per heavy atom. The third-order valence-corrected chi connectivity index (χ3v) is 5.24. The highest BCUT2D eigenvalue weighted by atomic mass is 16.5. The number of fused-ring (bicyclic) bond motifs is 2. The number of hydrogen-bond acceptors (Lipinski definition) is 2. The summed E-state index contributed by atoms with van der Waals surface area (Å²) in [5.41, 5.74) is 2.33. The van der Waals surface area contributed by atoms with Crippen molar-refractivity contribution in [2.75, 3.05) is 0 Å². The molecule has 0 spiro atoms. The van der Waals surface area contributed by atoms with Gasteiger partial charge in [-0.05, 0) is 69.1 Å². The van der Waals surface area contributed by atoms with E-state index >= 15 is 0 Å². The van der Waals surface area contributed by atoms with Gasteiger partial charge < -0.3 is 9.47 Å². The van der Waals surface area contributed by atoms with Crippen molar-refractivity contribution < 1.29 is 9.47 Å². The van der Waals surface area contributed by atoms with Crippen LogP contribution in [0.1, 0.15) is 11.1 Å². The molecule has 0 atom stereocenters. The molecule has 2 nitrogen and oxygen atoms in total. The molecule has 0 saturated heterocycles. The second kappa shape index (κ2) is 8.30. The van der Waals surface area contributed by atoms with E-state index in [0.717, 1.165) is 33.4 Å². The summed E-state index contributed by atoms with van der Waals surface area (Å²) in [6.07, 6.45) is 0. The minimum atomic E-state index is 0.567. The first kappa shape index (κ1) is 18.3. The largest absolute Gasteiger partial charge is 0.489 e. The predicted octanol–water partition coefficient (Wildman–Crippen LogP) is 7.15.